The fourth-order valence-electron chi connectivity index (χ4n) is 2.32. The molecule has 1 heterocycles. The molecule has 0 aliphatic rings. The maximum Gasteiger partial charge on any atom is 0.0361 e. The van der Waals surface area contributed by atoms with Gasteiger partial charge in [0.05, 0.1) is 0 Å². The van der Waals surface area contributed by atoms with Gasteiger partial charge in [0.15, 0.2) is 0 Å². The smallest absolute Gasteiger partial charge is 0.0361 e. The summed E-state index contributed by atoms with van der Waals surface area (Å²) >= 11 is 0. The van der Waals surface area contributed by atoms with E-state index in [1.165, 1.54) is 22.3 Å². The maximum absolute atomic E-state index is 4.09. The van der Waals surface area contributed by atoms with Crippen LogP contribution in [0.3, 0.4) is 0 Å². The molecule has 0 spiro atoms. The Labute approximate surface area is 115 Å². The van der Waals surface area contributed by atoms with Crippen LogP contribution in [0.5, 0.6) is 0 Å². The highest BCUT2D eigenvalue weighted by Gasteiger charge is 2.11. The molecule has 2 heteroatoms. The van der Waals surface area contributed by atoms with Crippen LogP contribution in [0.1, 0.15) is 35.2 Å². The predicted octanol–water partition coefficient (Wildman–Crippen LogP) is 3.59. The van der Waals surface area contributed by atoms with E-state index >= 15 is 0 Å². The molecule has 2 aromatic rings. The summed E-state index contributed by atoms with van der Waals surface area (Å²) in [6, 6.07) is 11.3. The van der Waals surface area contributed by atoms with Gasteiger partial charge in [-0.05, 0) is 61.2 Å². The summed E-state index contributed by atoms with van der Waals surface area (Å²) in [7, 11) is 0. The van der Waals surface area contributed by atoms with Gasteiger partial charge in [0.2, 0.25) is 0 Å². The number of benzene rings is 1. The standard InChI is InChI=1S/C17H22N2/c1-4-19-17(16-7-9-18-10-8-16)12-15-6-5-13(2)14(3)11-15/h5-11,17,19H,4,12H2,1-3H3. The molecule has 1 atom stereocenters. The van der Waals surface area contributed by atoms with Crippen LogP contribution in [0.25, 0.3) is 0 Å². The summed E-state index contributed by atoms with van der Waals surface area (Å²) in [5, 5.41) is 3.55. The van der Waals surface area contributed by atoms with Gasteiger partial charge in [0.1, 0.15) is 0 Å². The van der Waals surface area contributed by atoms with Gasteiger partial charge in [-0.2, -0.15) is 0 Å². The lowest BCUT2D eigenvalue weighted by Crippen LogP contribution is -2.23. The zero-order chi connectivity index (χ0) is 13.7. The number of hydrogen-bond acceptors (Lipinski definition) is 2. The molecule has 1 N–H and O–H groups in total. The molecule has 0 amide bonds. The first-order chi connectivity index (χ1) is 9.20. The summed E-state index contributed by atoms with van der Waals surface area (Å²) in [6.07, 6.45) is 4.74. The Morgan fingerprint density at radius 1 is 1.05 bits per heavy atom. The number of hydrogen-bond donors (Lipinski definition) is 1. The molecule has 1 unspecified atom stereocenters. The molecule has 2 rings (SSSR count). The first-order valence-electron chi connectivity index (χ1n) is 6.90. The minimum atomic E-state index is 0.357. The maximum atomic E-state index is 4.09. The highest BCUT2D eigenvalue weighted by molar-refractivity contribution is 5.31. The molecule has 1 aromatic heterocycles. The van der Waals surface area contributed by atoms with Crippen molar-refractivity contribution in [1.82, 2.24) is 10.3 Å². The van der Waals surface area contributed by atoms with E-state index in [4.69, 9.17) is 0 Å². The van der Waals surface area contributed by atoms with E-state index < -0.39 is 0 Å². The first-order valence-corrected chi connectivity index (χ1v) is 6.90. The number of nitrogens with one attached hydrogen (secondary N) is 1. The number of rotatable bonds is 5. The fourth-order valence-corrected chi connectivity index (χ4v) is 2.32. The highest BCUT2D eigenvalue weighted by atomic mass is 14.9. The summed E-state index contributed by atoms with van der Waals surface area (Å²) in [5.41, 5.74) is 5.40. The minimum absolute atomic E-state index is 0.357. The van der Waals surface area contributed by atoms with Crippen molar-refractivity contribution in [3.63, 3.8) is 0 Å². The van der Waals surface area contributed by atoms with E-state index in [0.717, 1.165) is 13.0 Å². The zero-order valence-corrected chi connectivity index (χ0v) is 12.0. The number of aryl methyl sites for hydroxylation is 2. The molecule has 1 aromatic carbocycles. The molecular weight excluding hydrogens is 232 g/mol. The number of pyridine rings is 1. The lowest BCUT2D eigenvalue weighted by Gasteiger charge is -2.19. The van der Waals surface area contributed by atoms with Crippen LogP contribution in [0, 0.1) is 13.8 Å². The van der Waals surface area contributed by atoms with E-state index in [9.17, 15) is 0 Å². The van der Waals surface area contributed by atoms with Gasteiger partial charge in [0.25, 0.3) is 0 Å². The van der Waals surface area contributed by atoms with E-state index in [2.05, 4.69) is 61.4 Å². The average Bonchev–Trinajstić information content (AvgIpc) is 2.43. The zero-order valence-electron chi connectivity index (χ0n) is 12.0. The van der Waals surface area contributed by atoms with Crippen LogP contribution < -0.4 is 5.32 Å². The van der Waals surface area contributed by atoms with Gasteiger partial charge < -0.3 is 5.32 Å². The quantitative estimate of drug-likeness (QED) is 0.882. The van der Waals surface area contributed by atoms with Crippen LogP contribution in [-0.2, 0) is 6.42 Å². The second-order valence-electron chi connectivity index (χ2n) is 5.01. The summed E-state index contributed by atoms with van der Waals surface area (Å²) in [6.45, 7) is 7.45. The third-order valence-electron chi connectivity index (χ3n) is 3.57. The molecule has 0 aliphatic heterocycles. The molecule has 2 nitrogen and oxygen atoms in total. The Kier molecular flexibility index (Phi) is 4.69. The SMILES string of the molecule is CCNC(Cc1ccc(C)c(C)c1)c1ccncc1. The van der Waals surface area contributed by atoms with Gasteiger partial charge in [-0.3, -0.25) is 4.98 Å². The van der Waals surface area contributed by atoms with Crippen molar-refractivity contribution in [2.45, 2.75) is 33.2 Å². The molecule has 19 heavy (non-hydrogen) atoms. The Bertz CT molecular complexity index is 520. The van der Waals surface area contributed by atoms with Gasteiger partial charge in [0, 0.05) is 18.4 Å². The topological polar surface area (TPSA) is 24.9 Å². The molecule has 100 valence electrons. The van der Waals surface area contributed by atoms with Gasteiger partial charge in [-0.25, -0.2) is 0 Å². The minimum Gasteiger partial charge on any atom is -0.310 e. The van der Waals surface area contributed by atoms with Crippen molar-refractivity contribution in [2.75, 3.05) is 6.54 Å². The van der Waals surface area contributed by atoms with Crippen LogP contribution in [-0.4, -0.2) is 11.5 Å². The number of nitrogens with zero attached hydrogens (tertiary/aromatic N) is 1. The molecule has 0 aliphatic carbocycles. The average molecular weight is 254 g/mol. The van der Waals surface area contributed by atoms with Crippen molar-refractivity contribution in [3.05, 3.63) is 65.0 Å². The molecule has 0 saturated heterocycles. The van der Waals surface area contributed by atoms with Gasteiger partial charge in [-0.15, -0.1) is 0 Å². The molecular formula is C17H22N2. The lowest BCUT2D eigenvalue weighted by molar-refractivity contribution is 0.549. The van der Waals surface area contributed by atoms with Crippen LogP contribution in [0.2, 0.25) is 0 Å². The number of likely N-dealkylation sites (N-methyl/N-ethyl adjacent to an activating group) is 1. The normalized spacial score (nSPS) is 12.4. The largest absolute Gasteiger partial charge is 0.310 e. The van der Waals surface area contributed by atoms with Gasteiger partial charge >= 0.3 is 0 Å². The predicted molar refractivity (Wildman–Crippen MR) is 80.3 cm³/mol. The lowest BCUT2D eigenvalue weighted by atomic mass is 9.97. The van der Waals surface area contributed by atoms with Crippen LogP contribution in [0.4, 0.5) is 0 Å². The van der Waals surface area contributed by atoms with E-state index in [0.29, 0.717) is 6.04 Å². The third kappa shape index (κ3) is 3.65. The van der Waals surface area contributed by atoms with Crippen LogP contribution >= 0.6 is 0 Å². The van der Waals surface area contributed by atoms with Crippen molar-refractivity contribution in [1.29, 1.82) is 0 Å². The Hall–Kier alpha value is -1.67. The highest BCUT2D eigenvalue weighted by Crippen LogP contribution is 2.19. The molecule has 0 saturated carbocycles. The monoisotopic (exact) mass is 254 g/mol. The second kappa shape index (κ2) is 6.48. The molecule has 0 bridgehead atoms. The van der Waals surface area contributed by atoms with Gasteiger partial charge in [-0.1, -0.05) is 25.1 Å². The summed E-state index contributed by atoms with van der Waals surface area (Å²) < 4.78 is 0. The van der Waals surface area contributed by atoms with Crippen molar-refractivity contribution < 1.29 is 0 Å². The second-order valence-corrected chi connectivity index (χ2v) is 5.01. The molecule has 0 radical (unpaired) electrons. The summed E-state index contributed by atoms with van der Waals surface area (Å²) in [5.74, 6) is 0. The first kappa shape index (κ1) is 13.8. The van der Waals surface area contributed by atoms with Crippen LogP contribution in [0.15, 0.2) is 42.7 Å². The van der Waals surface area contributed by atoms with E-state index in [-0.39, 0.29) is 0 Å². The van der Waals surface area contributed by atoms with Crippen molar-refractivity contribution in [2.24, 2.45) is 0 Å². The van der Waals surface area contributed by atoms with Crippen molar-refractivity contribution in [3.8, 4) is 0 Å². The molecule has 0 fully saturated rings. The van der Waals surface area contributed by atoms with Crippen molar-refractivity contribution >= 4 is 0 Å². The Morgan fingerprint density at radius 2 is 1.79 bits per heavy atom. The Morgan fingerprint density at radius 3 is 2.42 bits per heavy atom. The van der Waals surface area contributed by atoms with E-state index in [1.807, 2.05) is 12.4 Å². The van der Waals surface area contributed by atoms with E-state index in [1.54, 1.807) is 0 Å². The fraction of sp³-hybridized carbons (Fsp3) is 0.353. The summed E-state index contributed by atoms with van der Waals surface area (Å²) in [4.78, 5) is 4.09. The third-order valence-corrected chi connectivity index (χ3v) is 3.57. The Balaban J connectivity index is 2.19. The number of aromatic nitrogens is 1.